The van der Waals surface area contributed by atoms with Crippen molar-refractivity contribution < 1.29 is 4.79 Å². The number of amides is 1. The molecule has 1 saturated heterocycles. The second kappa shape index (κ2) is 6.69. The normalized spacial score (nSPS) is 14.9. The van der Waals surface area contributed by atoms with Crippen LogP contribution in [0.25, 0.3) is 11.3 Å². The third-order valence-corrected chi connectivity index (χ3v) is 4.50. The van der Waals surface area contributed by atoms with Gasteiger partial charge in [-0.3, -0.25) is 4.79 Å². The number of nitrogens with zero attached hydrogens (tertiary/aromatic N) is 3. The Morgan fingerprint density at radius 1 is 1.17 bits per heavy atom. The number of likely N-dealkylation sites (tertiary alicyclic amines) is 1. The van der Waals surface area contributed by atoms with Gasteiger partial charge in [-0.2, -0.15) is 0 Å². The Labute approximate surface area is 144 Å². The van der Waals surface area contributed by atoms with Crippen LogP contribution < -0.4 is 0 Å². The van der Waals surface area contributed by atoms with Gasteiger partial charge in [0, 0.05) is 18.7 Å². The highest BCUT2D eigenvalue weighted by atomic mass is 35.5. The van der Waals surface area contributed by atoms with Crippen LogP contribution in [0.15, 0.2) is 42.7 Å². The summed E-state index contributed by atoms with van der Waals surface area (Å²) in [5, 5.41) is 0.926. The Bertz CT molecular complexity index is 776. The number of halogens is 2. The lowest BCUT2D eigenvalue weighted by molar-refractivity contribution is 0.0746. The third kappa shape index (κ3) is 3.54. The van der Waals surface area contributed by atoms with Crippen molar-refractivity contribution in [2.45, 2.75) is 12.8 Å². The number of benzene rings is 1. The number of hydrogen-bond acceptors (Lipinski definition) is 3. The van der Waals surface area contributed by atoms with Crippen LogP contribution in [-0.4, -0.2) is 33.9 Å². The van der Waals surface area contributed by atoms with Crippen LogP contribution in [0.2, 0.25) is 10.0 Å². The molecule has 0 radical (unpaired) electrons. The predicted molar refractivity (Wildman–Crippen MR) is 91.8 cm³/mol. The minimum absolute atomic E-state index is 0.102. The van der Waals surface area contributed by atoms with Gasteiger partial charge in [0.2, 0.25) is 0 Å². The van der Waals surface area contributed by atoms with Crippen molar-refractivity contribution in [2.75, 3.05) is 13.1 Å². The van der Waals surface area contributed by atoms with Gasteiger partial charge < -0.3 is 4.90 Å². The first-order chi connectivity index (χ1) is 11.0. The quantitative estimate of drug-likeness (QED) is 0.763. The molecule has 0 spiro atoms. The third-order valence-electron chi connectivity index (χ3n) is 3.76. The van der Waals surface area contributed by atoms with E-state index in [9.17, 15) is 4.79 Å². The van der Waals surface area contributed by atoms with Crippen molar-refractivity contribution in [3.05, 3.63) is 58.5 Å². The predicted octanol–water partition coefficient (Wildman–Crippen LogP) is 4.24. The van der Waals surface area contributed by atoms with Crippen LogP contribution in [0.1, 0.15) is 23.3 Å². The summed E-state index contributed by atoms with van der Waals surface area (Å²) in [7, 11) is 0. The summed E-state index contributed by atoms with van der Waals surface area (Å²) in [6.07, 6.45) is 3.31. The largest absolute Gasteiger partial charge is 0.333 e. The summed E-state index contributed by atoms with van der Waals surface area (Å²) in [4.78, 5) is 22.7. The summed E-state index contributed by atoms with van der Waals surface area (Å²) in [5.41, 5.74) is 2.87. The average Bonchev–Trinajstić information content (AvgIpc) is 2.57. The van der Waals surface area contributed by atoms with Crippen LogP contribution in [-0.2, 0) is 0 Å². The van der Waals surface area contributed by atoms with Gasteiger partial charge in [0.15, 0.2) is 0 Å². The van der Waals surface area contributed by atoms with Gasteiger partial charge in [0.1, 0.15) is 12.0 Å². The zero-order valence-electron chi connectivity index (χ0n) is 12.4. The van der Waals surface area contributed by atoms with E-state index in [1.807, 2.05) is 6.07 Å². The first-order valence-corrected chi connectivity index (χ1v) is 8.03. The van der Waals surface area contributed by atoms with E-state index in [4.69, 9.17) is 23.2 Å². The van der Waals surface area contributed by atoms with E-state index in [0.717, 1.165) is 30.5 Å². The zero-order valence-corrected chi connectivity index (χ0v) is 13.9. The second-order valence-electron chi connectivity index (χ2n) is 5.50. The van der Waals surface area contributed by atoms with Gasteiger partial charge in [-0.05, 0) is 31.0 Å². The summed E-state index contributed by atoms with van der Waals surface area (Å²) >= 11 is 12.0. The molecule has 1 fully saturated rings. The van der Waals surface area contributed by atoms with Gasteiger partial charge in [-0.25, -0.2) is 9.97 Å². The molecule has 2 heterocycles. The smallest absolute Gasteiger partial charge is 0.272 e. The first-order valence-electron chi connectivity index (χ1n) is 7.28. The molecule has 0 aliphatic carbocycles. The van der Waals surface area contributed by atoms with Crippen molar-refractivity contribution in [1.82, 2.24) is 14.9 Å². The molecule has 0 bridgehead atoms. The van der Waals surface area contributed by atoms with Gasteiger partial charge in [-0.15, -0.1) is 0 Å². The molecule has 0 atom stereocenters. The minimum Gasteiger partial charge on any atom is -0.333 e. The van der Waals surface area contributed by atoms with Gasteiger partial charge in [0.05, 0.1) is 15.7 Å². The molecule has 0 N–H and O–H groups in total. The molecular weight excluding hydrogens is 333 g/mol. The Kier molecular flexibility index (Phi) is 4.64. The van der Waals surface area contributed by atoms with Gasteiger partial charge in [0.25, 0.3) is 5.91 Å². The van der Waals surface area contributed by atoms with Crippen LogP contribution in [0.3, 0.4) is 0 Å². The standard InChI is InChI=1S/C17H15Cl2N3O/c1-11-3-2-6-22(9-11)17(23)16-8-15(20-10-21-16)12-4-5-13(18)14(19)7-12/h4-5,7-8,10H,1-3,6,9H2. The van der Waals surface area contributed by atoms with E-state index < -0.39 is 0 Å². The lowest BCUT2D eigenvalue weighted by Crippen LogP contribution is -2.37. The highest BCUT2D eigenvalue weighted by molar-refractivity contribution is 6.42. The summed E-state index contributed by atoms with van der Waals surface area (Å²) in [6.45, 7) is 5.28. The maximum Gasteiger partial charge on any atom is 0.272 e. The monoisotopic (exact) mass is 347 g/mol. The van der Waals surface area contributed by atoms with E-state index in [2.05, 4.69) is 16.5 Å². The van der Waals surface area contributed by atoms with Crippen LogP contribution in [0.5, 0.6) is 0 Å². The number of carbonyl (C=O) groups excluding carboxylic acids is 1. The number of rotatable bonds is 2. The van der Waals surface area contributed by atoms with Crippen molar-refractivity contribution in [3.8, 4) is 11.3 Å². The molecule has 1 amide bonds. The number of piperidine rings is 1. The molecule has 6 heteroatoms. The minimum atomic E-state index is -0.102. The van der Waals surface area contributed by atoms with Crippen molar-refractivity contribution in [2.24, 2.45) is 0 Å². The molecule has 4 nitrogen and oxygen atoms in total. The molecule has 0 saturated carbocycles. The second-order valence-corrected chi connectivity index (χ2v) is 6.31. The van der Waals surface area contributed by atoms with Gasteiger partial charge >= 0.3 is 0 Å². The van der Waals surface area contributed by atoms with E-state index >= 15 is 0 Å². The molecule has 1 aliphatic rings. The molecule has 1 aliphatic heterocycles. The van der Waals surface area contributed by atoms with E-state index in [1.165, 1.54) is 6.33 Å². The van der Waals surface area contributed by atoms with Crippen LogP contribution in [0.4, 0.5) is 0 Å². The first kappa shape index (κ1) is 16.0. The highest BCUT2D eigenvalue weighted by Crippen LogP contribution is 2.27. The zero-order chi connectivity index (χ0) is 16.4. The molecule has 1 aromatic carbocycles. The van der Waals surface area contributed by atoms with Crippen LogP contribution >= 0.6 is 23.2 Å². The van der Waals surface area contributed by atoms with Crippen molar-refractivity contribution >= 4 is 29.1 Å². The summed E-state index contributed by atoms with van der Waals surface area (Å²) in [5.74, 6) is -0.102. The molecule has 1 aromatic heterocycles. The maximum absolute atomic E-state index is 12.6. The molecule has 3 rings (SSSR count). The Hall–Kier alpha value is -1.91. The fraction of sp³-hybridized carbons (Fsp3) is 0.235. The Balaban J connectivity index is 1.88. The number of carbonyl (C=O) groups is 1. The number of hydrogen-bond donors (Lipinski definition) is 0. The lowest BCUT2D eigenvalue weighted by atomic mass is 10.1. The molecule has 0 unspecified atom stereocenters. The Morgan fingerprint density at radius 2 is 2.00 bits per heavy atom. The molecule has 23 heavy (non-hydrogen) atoms. The van der Waals surface area contributed by atoms with Crippen molar-refractivity contribution in [3.63, 3.8) is 0 Å². The Morgan fingerprint density at radius 3 is 2.74 bits per heavy atom. The van der Waals surface area contributed by atoms with Gasteiger partial charge in [-0.1, -0.05) is 41.4 Å². The average molecular weight is 348 g/mol. The highest BCUT2D eigenvalue weighted by Gasteiger charge is 2.21. The molecular formula is C17H15Cl2N3O. The lowest BCUT2D eigenvalue weighted by Gasteiger charge is -2.27. The molecule has 118 valence electrons. The maximum atomic E-state index is 12.6. The summed E-state index contributed by atoms with van der Waals surface area (Å²) in [6, 6.07) is 6.92. The van der Waals surface area contributed by atoms with E-state index in [-0.39, 0.29) is 5.91 Å². The molecule has 2 aromatic rings. The topological polar surface area (TPSA) is 46.1 Å². The summed E-state index contributed by atoms with van der Waals surface area (Å²) < 4.78 is 0. The van der Waals surface area contributed by atoms with E-state index in [0.29, 0.717) is 28.0 Å². The van der Waals surface area contributed by atoms with Crippen LogP contribution in [0, 0.1) is 0 Å². The SMILES string of the molecule is C=C1CCCN(C(=O)c2cc(-c3ccc(Cl)c(Cl)c3)ncn2)C1. The fourth-order valence-electron chi connectivity index (χ4n) is 2.57. The van der Waals surface area contributed by atoms with E-state index in [1.54, 1.807) is 23.1 Å². The van der Waals surface area contributed by atoms with Crippen molar-refractivity contribution in [1.29, 1.82) is 0 Å². The number of aromatic nitrogens is 2. The fourth-order valence-corrected chi connectivity index (χ4v) is 2.87.